The second kappa shape index (κ2) is 7.92. The molecule has 0 saturated heterocycles. The van der Waals surface area contributed by atoms with Crippen molar-refractivity contribution in [2.45, 2.75) is 26.6 Å². The zero-order chi connectivity index (χ0) is 16.3. The highest BCUT2D eigenvalue weighted by Gasteiger charge is 2.22. The summed E-state index contributed by atoms with van der Waals surface area (Å²) >= 11 is 0. The lowest BCUT2D eigenvalue weighted by molar-refractivity contribution is -0.195. The summed E-state index contributed by atoms with van der Waals surface area (Å²) in [6.45, 7) is 3.99. The molecule has 1 aliphatic heterocycles. The molecule has 3 rings (SSSR count). The number of hydrogen-bond acceptors (Lipinski definition) is 6. The Morgan fingerprint density at radius 3 is 2.30 bits per heavy atom. The number of aryl methyl sites for hydroxylation is 1. The standard InChI is InChI=1S/C9H11NO3.C7H10N2.ClH/c1-5(11)8-7(10)3-2-6-4-12-13-9(6)8;1-5-4-6(8)2-3-7(5)9;/h2-3,5,11H,4,10H2,1H3;2-4H,8-9H2,1H3;1H. The van der Waals surface area contributed by atoms with Gasteiger partial charge in [-0.15, -0.1) is 12.4 Å². The first-order chi connectivity index (χ1) is 10.4. The Balaban J connectivity index is 0.000000235. The first-order valence-corrected chi connectivity index (χ1v) is 6.90. The molecule has 0 saturated carbocycles. The summed E-state index contributed by atoms with van der Waals surface area (Å²) in [5.41, 5.74) is 21.4. The monoisotopic (exact) mass is 339 g/mol. The summed E-state index contributed by atoms with van der Waals surface area (Å²) in [4.78, 5) is 9.73. The van der Waals surface area contributed by atoms with Crippen molar-refractivity contribution in [1.82, 2.24) is 0 Å². The van der Waals surface area contributed by atoms with Crippen LogP contribution in [-0.4, -0.2) is 5.11 Å². The number of hydrogen-bond donors (Lipinski definition) is 4. The Morgan fingerprint density at radius 1 is 1.09 bits per heavy atom. The van der Waals surface area contributed by atoms with Gasteiger partial charge in [0.05, 0.1) is 6.10 Å². The van der Waals surface area contributed by atoms with E-state index in [9.17, 15) is 5.11 Å². The van der Waals surface area contributed by atoms with Crippen LogP contribution in [0.15, 0.2) is 30.3 Å². The lowest BCUT2D eigenvalue weighted by Gasteiger charge is -2.10. The molecule has 0 bridgehead atoms. The van der Waals surface area contributed by atoms with E-state index in [1.807, 2.05) is 25.1 Å². The third-order valence-electron chi connectivity index (χ3n) is 3.38. The van der Waals surface area contributed by atoms with Crippen molar-refractivity contribution in [2.75, 3.05) is 17.2 Å². The summed E-state index contributed by atoms with van der Waals surface area (Å²) < 4.78 is 0. The molecule has 1 atom stereocenters. The lowest BCUT2D eigenvalue weighted by Crippen LogP contribution is -2.01. The molecule has 6 nitrogen and oxygen atoms in total. The predicted molar refractivity (Wildman–Crippen MR) is 94.2 cm³/mol. The minimum atomic E-state index is -0.642. The van der Waals surface area contributed by atoms with Crippen molar-refractivity contribution in [2.24, 2.45) is 0 Å². The fraction of sp³-hybridized carbons (Fsp3) is 0.250. The molecule has 1 unspecified atom stereocenters. The summed E-state index contributed by atoms with van der Waals surface area (Å²) in [5, 5.41) is 9.45. The third kappa shape index (κ3) is 4.41. The first kappa shape index (κ1) is 18.9. The molecule has 2 aromatic carbocycles. The van der Waals surface area contributed by atoms with Crippen LogP contribution < -0.4 is 22.1 Å². The molecule has 1 heterocycles. The van der Waals surface area contributed by atoms with Gasteiger partial charge in [0.25, 0.3) is 0 Å². The van der Waals surface area contributed by atoms with Gasteiger partial charge in [0.2, 0.25) is 0 Å². The highest BCUT2D eigenvalue weighted by molar-refractivity contribution is 5.85. The van der Waals surface area contributed by atoms with E-state index in [1.165, 1.54) is 0 Å². The van der Waals surface area contributed by atoms with Crippen molar-refractivity contribution >= 4 is 29.5 Å². The number of anilines is 3. The van der Waals surface area contributed by atoms with E-state index in [0.29, 0.717) is 23.6 Å². The smallest absolute Gasteiger partial charge is 0.178 e. The van der Waals surface area contributed by atoms with E-state index < -0.39 is 6.10 Å². The zero-order valence-electron chi connectivity index (χ0n) is 13.1. The number of benzene rings is 2. The first-order valence-electron chi connectivity index (χ1n) is 6.90. The normalized spacial score (nSPS) is 13.0. The van der Waals surface area contributed by atoms with Crippen molar-refractivity contribution in [1.29, 1.82) is 0 Å². The summed E-state index contributed by atoms with van der Waals surface area (Å²) in [7, 11) is 0. The summed E-state index contributed by atoms with van der Waals surface area (Å²) in [6, 6.07) is 9.05. The summed E-state index contributed by atoms with van der Waals surface area (Å²) in [5.74, 6) is 0.565. The van der Waals surface area contributed by atoms with Crippen LogP contribution >= 0.6 is 12.4 Å². The van der Waals surface area contributed by atoms with Gasteiger partial charge in [0, 0.05) is 28.2 Å². The quantitative estimate of drug-likeness (QED) is 0.469. The van der Waals surface area contributed by atoms with E-state index in [1.54, 1.807) is 19.1 Å². The minimum Gasteiger partial charge on any atom is -0.399 e. The highest BCUT2D eigenvalue weighted by atomic mass is 35.5. The topological polar surface area (TPSA) is 117 Å². The van der Waals surface area contributed by atoms with Gasteiger partial charge in [-0.05, 0) is 43.7 Å². The third-order valence-corrected chi connectivity index (χ3v) is 3.38. The number of rotatable bonds is 1. The van der Waals surface area contributed by atoms with Crippen LogP contribution in [0.25, 0.3) is 0 Å². The predicted octanol–water partition coefficient (Wildman–Crippen LogP) is 2.73. The molecule has 126 valence electrons. The average molecular weight is 340 g/mol. The van der Waals surface area contributed by atoms with E-state index in [2.05, 4.69) is 0 Å². The molecular weight excluding hydrogens is 318 g/mol. The molecule has 0 fully saturated rings. The van der Waals surface area contributed by atoms with Crippen LogP contribution in [-0.2, 0) is 11.5 Å². The number of nitrogens with two attached hydrogens (primary N) is 3. The number of aliphatic hydroxyl groups is 1. The highest BCUT2D eigenvalue weighted by Crippen LogP contribution is 2.37. The zero-order valence-corrected chi connectivity index (χ0v) is 13.9. The molecule has 0 aliphatic carbocycles. The Labute approximate surface area is 141 Å². The maximum atomic E-state index is 9.45. The second-order valence-electron chi connectivity index (χ2n) is 5.19. The maximum absolute atomic E-state index is 9.45. The van der Waals surface area contributed by atoms with Gasteiger partial charge >= 0.3 is 0 Å². The number of nitrogen functional groups attached to an aromatic ring is 3. The van der Waals surface area contributed by atoms with Crippen molar-refractivity contribution in [3.63, 3.8) is 0 Å². The molecule has 0 radical (unpaired) electrons. The van der Waals surface area contributed by atoms with E-state index in [4.69, 9.17) is 27.0 Å². The van der Waals surface area contributed by atoms with Crippen molar-refractivity contribution in [3.8, 4) is 5.75 Å². The molecule has 2 aromatic rings. The van der Waals surface area contributed by atoms with Crippen LogP contribution in [0, 0.1) is 6.92 Å². The van der Waals surface area contributed by atoms with Gasteiger partial charge in [0.15, 0.2) is 5.75 Å². The molecule has 0 spiro atoms. The van der Waals surface area contributed by atoms with E-state index in [-0.39, 0.29) is 12.4 Å². The molecular formula is C16H22ClN3O3. The fourth-order valence-corrected chi connectivity index (χ4v) is 2.15. The van der Waals surface area contributed by atoms with Gasteiger partial charge in [-0.1, -0.05) is 6.07 Å². The molecule has 7 N–H and O–H groups in total. The van der Waals surface area contributed by atoms with E-state index in [0.717, 1.165) is 22.5 Å². The van der Waals surface area contributed by atoms with Gasteiger partial charge in [0.1, 0.15) is 6.61 Å². The van der Waals surface area contributed by atoms with Crippen molar-refractivity contribution < 1.29 is 14.9 Å². The van der Waals surface area contributed by atoms with Crippen LogP contribution in [0.4, 0.5) is 17.1 Å². The average Bonchev–Trinajstić information content (AvgIpc) is 2.91. The lowest BCUT2D eigenvalue weighted by atomic mass is 10.0. The SMILES string of the molecule is CC(O)c1c(N)ccc2c1OOC2.Cc1cc(N)ccc1N.Cl. The van der Waals surface area contributed by atoms with Crippen LogP contribution in [0.5, 0.6) is 5.75 Å². The van der Waals surface area contributed by atoms with Crippen LogP contribution in [0.1, 0.15) is 29.7 Å². The summed E-state index contributed by atoms with van der Waals surface area (Å²) in [6.07, 6.45) is -0.642. The van der Waals surface area contributed by atoms with Crippen LogP contribution in [0.3, 0.4) is 0 Å². The maximum Gasteiger partial charge on any atom is 0.178 e. The Morgan fingerprint density at radius 2 is 1.74 bits per heavy atom. The minimum absolute atomic E-state index is 0. The van der Waals surface area contributed by atoms with Crippen molar-refractivity contribution in [3.05, 3.63) is 47.0 Å². The molecule has 7 heteroatoms. The largest absolute Gasteiger partial charge is 0.399 e. The van der Waals surface area contributed by atoms with Gasteiger partial charge in [-0.25, -0.2) is 0 Å². The number of halogens is 1. The number of fused-ring (bicyclic) bond motifs is 1. The van der Waals surface area contributed by atoms with E-state index >= 15 is 0 Å². The van der Waals surface area contributed by atoms with Crippen LogP contribution in [0.2, 0.25) is 0 Å². The molecule has 0 amide bonds. The molecule has 0 aromatic heterocycles. The second-order valence-corrected chi connectivity index (χ2v) is 5.19. The number of aliphatic hydroxyl groups excluding tert-OH is 1. The molecule has 23 heavy (non-hydrogen) atoms. The molecule has 1 aliphatic rings. The Bertz CT molecular complexity index is 678. The Kier molecular flexibility index (Phi) is 6.50. The van der Waals surface area contributed by atoms with Gasteiger partial charge in [-0.2, -0.15) is 4.89 Å². The van der Waals surface area contributed by atoms with Gasteiger partial charge < -0.3 is 27.2 Å². The van der Waals surface area contributed by atoms with Gasteiger partial charge in [-0.3, -0.25) is 0 Å². The Hall–Kier alpha value is -2.15. The fourth-order valence-electron chi connectivity index (χ4n) is 2.15.